The summed E-state index contributed by atoms with van der Waals surface area (Å²) in [5, 5.41) is 19.3. The SMILES string of the molecule is COCCNC(=O)c1oc2cnccc2c1Nc1ccc2c(c1)CC/C2=N\O. The Morgan fingerprint density at radius 3 is 3.07 bits per heavy atom. The molecule has 3 N–H and O–H groups in total. The average Bonchev–Trinajstić information content (AvgIpc) is 3.29. The number of carbonyl (C=O) groups excluding carboxylic acids is 1. The van der Waals surface area contributed by atoms with E-state index in [0.29, 0.717) is 36.6 Å². The number of benzene rings is 1. The maximum atomic E-state index is 12.6. The van der Waals surface area contributed by atoms with Gasteiger partial charge < -0.3 is 25.0 Å². The van der Waals surface area contributed by atoms with Crippen molar-refractivity contribution in [3.63, 3.8) is 0 Å². The van der Waals surface area contributed by atoms with Crippen LogP contribution in [0.4, 0.5) is 11.4 Å². The van der Waals surface area contributed by atoms with Crippen LogP contribution >= 0.6 is 0 Å². The van der Waals surface area contributed by atoms with E-state index in [2.05, 4.69) is 20.8 Å². The van der Waals surface area contributed by atoms with Crippen LogP contribution in [0.25, 0.3) is 11.0 Å². The molecule has 0 aliphatic heterocycles. The molecule has 0 atom stereocenters. The van der Waals surface area contributed by atoms with E-state index in [1.54, 1.807) is 25.6 Å². The number of fused-ring (bicyclic) bond motifs is 2. The third kappa shape index (κ3) is 3.29. The number of hydrogen-bond donors (Lipinski definition) is 3. The average molecular weight is 380 g/mol. The van der Waals surface area contributed by atoms with E-state index >= 15 is 0 Å². The van der Waals surface area contributed by atoms with Crippen molar-refractivity contribution in [1.29, 1.82) is 0 Å². The molecule has 0 radical (unpaired) electrons. The van der Waals surface area contributed by atoms with Crippen molar-refractivity contribution in [2.24, 2.45) is 5.16 Å². The summed E-state index contributed by atoms with van der Waals surface area (Å²) < 4.78 is 10.7. The topological polar surface area (TPSA) is 109 Å². The highest BCUT2D eigenvalue weighted by atomic mass is 16.5. The van der Waals surface area contributed by atoms with Crippen molar-refractivity contribution in [2.75, 3.05) is 25.6 Å². The Labute approximate surface area is 161 Å². The Kier molecular flexibility index (Phi) is 4.94. The molecule has 2 heterocycles. The minimum atomic E-state index is -0.327. The zero-order valence-corrected chi connectivity index (χ0v) is 15.4. The van der Waals surface area contributed by atoms with Gasteiger partial charge >= 0.3 is 0 Å². The number of methoxy groups -OCH3 is 1. The lowest BCUT2D eigenvalue weighted by molar-refractivity contribution is 0.0913. The number of amides is 1. The van der Waals surface area contributed by atoms with Crippen LogP contribution in [0.2, 0.25) is 0 Å². The second kappa shape index (κ2) is 7.69. The number of aryl methyl sites for hydroxylation is 1. The summed E-state index contributed by atoms with van der Waals surface area (Å²) in [6, 6.07) is 7.61. The van der Waals surface area contributed by atoms with Gasteiger partial charge in [-0.15, -0.1) is 0 Å². The quantitative estimate of drug-likeness (QED) is 0.344. The Morgan fingerprint density at radius 2 is 2.25 bits per heavy atom. The number of rotatable bonds is 6. The van der Waals surface area contributed by atoms with Gasteiger partial charge in [0.1, 0.15) is 0 Å². The molecule has 0 spiro atoms. The summed E-state index contributed by atoms with van der Waals surface area (Å²) in [5.74, 6) is -0.135. The van der Waals surface area contributed by atoms with E-state index < -0.39 is 0 Å². The molecule has 0 saturated heterocycles. The van der Waals surface area contributed by atoms with Gasteiger partial charge in [-0.05, 0) is 36.6 Å². The number of carbonyl (C=O) groups is 1. The molecule has 4 rings (SSSR count). The second-order valence-corrected chi connectivity index (χ2v) is 6.47. The van der Waals surface area contributed by atoms with Crippen molar-refractivity contribution < 1.29 is 19.2 Å². The number of nitrogens with zero attached hydrogens (tertiary/aromatic N) is 2. The Hall–Kier alpha value is -3.39. The highest BCUT2D eigenvalue weighted by molar-refractivity contribution is 6.07. The molecule has 0 saturated carbocycles. The highest BCUT2D eigenvalue weighted by Crippen LogP contribution is 2.34. The minimum Gasteiger partial charge on any atom is -0.447 e. The molecule has 0 fully saturated rings. The number of ether oxygens (including phenoxy) is 1. The van der Waals surface area contributed by atoms with Crippen LogP contribution in [0.3, 0.4) is 0 Å². The number of nitrogens with one attached hydrogen (secondary N) is 2. The van der Waals surface area contributed by atoms with E-state index in [1.807, 2.05) is 18.2 Å². The van der Waals surface area contributed by atoms with Gasteiger partial charge in [0.2, 0.25) is 5.76 Å². The molecule has 0 bridgehead atoms. The molecule has 1 aromatic carbocycles. The monoisotopic (exact) mass is 380 g/mol. The van der Waals surface area contributed by atoms with Crippen molar-refractivity contribution in [3.05, 3.63) is 53.5 Å². The molecule has 1 amide bonds. The fourth-order valence-electron chi connectivity index (χ4n) is 3.38. The number of oxime groups is 1. The largest absolute Gasteiger partial charge is 0.447 e. The first kappa shape index (κ1) is 18.0. The lowest BCUT2D eigenvalue weighted by Gasteiger charge is -2.09. The van der Waals surface area contributed by atoms with E-state index in [4.69, 9.17) is 14.4 Å². The van der Waals surface area contributed by atoms with Gasteiger partial charge in [-0.1, -0.05) is 11.2 Å². The number of hydrogen-bond acceptors (Lipinski definition) is 7. The third-order valence-electron chi connectivity index (χ3n) is 4.73. The van der Waals surface area contributed by atoms with Gasteiger partial charge in [-0.25, -0.2) is 0 Å². The summed E-state index contributed by atoms with van der Waals surface area (Å²) in [4.78, 5) is 16.7. The molecule has 0 unspecified atom stereocenters. The van der Waals surface area contributed by atoms with Gasteiger partial charge in [0.05, 0.1) is 24.2 Å². The Morgan fingerprint density at radius 1 is 1.36 bits per heavy atom. The van der Waals surface area contributed by atoms with Gasteiger partial charge in [0, 0.05) is 36.5 Å². The maximum Gasteiger partial charge on any atom is 0.289 e. The van der Waals surface area contributed by atoms with Gasteiger partial charge in [-0.3, -0.25) is 9.78 Å². The normalized spacial score (nSPS) is 14.4. The molecular formula is C20H20N4O4. The van der Waals surface area contributed by atoms with Crippen LogP contribution < -0.4 is 10.6 Å². The van der Waals surface area contributed by atoms with Crippen molar-refractivity contribution >= 4 is 34.0 Å². The predicted octanol–water partition coefficient (Wildman–Crippen LogP) is 3.07. The molecule has 1 aliphatic rings. The van der Waals surface area contributed by atoms with E-state index in [-0.39, 0.29) is 11.7 Å². The first-order valence-electron chi connectivity index (χ1n) is 8.96. The molecule has 8 nitrogen and oxygen atoms in total. The number of aromatic nitrogens is 1. The van der Waals surface area contributed by atoms with E-state index in [9.17, 15) is 4.79 Å². The Bertz CT molecular complexity index is 1060. The van der Waals surface area contributed by atoms with Gasteiger partial charge in [0.15, 0.2) is 5.58 Å². The third-order valence-corrected chi connectivity index (χ3v) is 4.73. The first-order valence-corrected chi connectivity index (χ1v) is 8.96. The Balaban J connectivity index is 1.68. The zero-order chi connectivity index (χ0) is 19.5. The van der Waals surface area contributed by atoms with E-state index in [0.717, 1.165) is 28.6 Å². The number of furan rings is 1. The van der Waals surface area contributed by atoms with Crippen LogP contribution in [0, 0.1) is 0 Å². The van der Waals surface area contributed by atoms with Crippen molar-refractivity contribution in [2.45, 2.75) is 12.8 Å². The lowest BCUT2D eigenvalue weighted by atomic mass is 10.1. The summed E-state index contributed by atoms with van der Waals surface area (Å²) in [6.45, 7) is 0.794. The van der Waals surface area contributed by atoms with E-state index in [1.165, 1.54) is 0 Å². The lowest BCUT2D eigenvalue weighted by Crippen LogP contribution is -2.27. The molecular weight excluding hydrogens is 360 g/mol. The molecule has 28 heavy (non-hydrogen) atoms. The van der Waals surface area contributed by atoms with Crippen LogP contribution in [-0.4, -0.2) is 42.1 Å². The van der Waals surface area contributed by atoms with Crippen molar-refractivity contribution in [1.82, 2.24) is 10.3 Å². The number of pyridine rings is 1. The molecule has 2 aromatic heterocycles. The second-order valence-electron chi connectivity index (χ2n) is 6.47. The van der Waals surface area contributed by atoms with Gasteiger partial charge in [-0.2, -0.15) is 0 Å². The van der Waals surface area contributed by atoms with Crippen LogP contribution in [0.15, 0.2) is 46.2 Å². The minimum absolute atomic E-state index is 0.192. The molecule has 1 aliphatic carbocycles. The summed E-state index contributed by atoms with van der Waals surface area (Å²) in [7, 11) is 1.58. The number of anilines is 2. The summed E-state index contributed by atoms with van der Waals surface area (Å²) >= 11 is 0. The predicted molar refractivity (Wildman–Crippen MR) is 105 cm³/mol. The maximum absolute atomic E-state index is 12.6. The van der Waals surface area contributed by atoms with Gasteiger partial charge in [0.25, 0.3) is 5.91 Å². The van der Waals surface area contributed by atoms with Crippen molar-refractivity contribution in [3.8, 4) is 0 Å². The fourth-order valence-corrected chi connectivity index (χ4v) is 3.38. The van der Waals surface area contributed by atoms with Crippen LogP contribution in [-0.2, 0) is 11.2 Å². The fraction of sp³-hybridized carbons (Fsp3) is 0.250. The van der Waals surface area contributed by atoms with Crippen LogP contribution in [0.5, 0.6) is 0 Å². The molecule has 3 aromatic rings. The first-order chi connectivity index (χ1) is 13.7. The zero-order valence-electron chi connectivity index (χ0n) is 15.4. The van der Waals surface area contributed by atoms with Crippen LogP contribution in [0.1, 0.15) is 28.1 Å². The summed E-state index contributed by atoms with van der Waals surface area (Å²) in [5.41, 5.74) is 4.67. The molecule has 144 valence electrons. The smallest absolute Gasteiger partial charge is 0.289 e. The highest BCUT2D eigenvalue weighted by Gasteiger charge is 2.22. The molecule has 8 heteroatoms. The standard InChI is InChI=1S/C20H20N4O4/c1-27-9-8-22-20(25)19-18(15-6-7-21-11-17(15)28-19)23-13-3-4-14-12(10-13)2-5-16(14)24-26/h3-4,6-7,10-11,23,26H,2,5,8-9H2,1H3,(H,22,25)/b24-16+. The summed E-state index contributed by atoms with van der Waals surface area (Å²) in [6.07, 6.45) is 4.76.